The van der Waals surface area contributed by atoms with Crippen molar-refractivity contribution in [3.63, 3.8) is 0 Å². The molecule has 1 amide bonds. The minimum Gasteiger partial charge on any atom is -0.444 e. The summed E-state index contributed by atoms with van der Waals surface area (Å²) >= 11 is 0. The fourth-order valence-electron chi connectivity index (χ4n) is 2.40. The molecule has 0 bridgehead atoms. The molecule has 21 heavy (non-hydrogen) atoms. The van der Waals surface area contributed by atoms with E-state index in [2.05, 4.69) is 0 Å². The summed E-state index contributed by atoms with van der Waals surface area (Å²) in [7, 11) is -1.62. The Hall–Kier alpha value is -0.820. The molecule has 1 saturated carbocycles. The van der Waals surface area contributed by atoms with Crippen LogP contribution in [0.5, 0.6) is 0 Å². The fraction of sp³-hybridized carbons (Fsp3) is 0.929. The van der Waals surface area contributed by atoms with E-state index >= 15 is 0 Å². The Balaban J connectivity index is 2.40. The summed E-state index contributed by atoms with van der Waals surface area (Å²) in [6.45, 7) is 5.77. The molecular formula is C14H27NO5S. The van der Waals surface area contributed by atoms with Crippen molar-refractivity contribution in [2.45, 2.75) is 58.1 Å². The summed E-state index contributed by atoms with van der Waals surface area (Å²) in [5.74, 6) is 0.239. The van der Waals surface area contributed by atoms with Gasteiger partial charge in [-0.25, -0.2) is 4.79 Å². The number of hydrogen-bond acceptors (Lipinski definition) is 5. The lowest BCUT2D eigenvalue weighted by molar-refractivity contribution is 0.0164. The number of carbonyl (C=O) groups is 1. The van der Waals surface area contributed by atoms with Gasteiger partial charge in [-0.2, -0.15) is 8.42 Å². The van der Waals surface area contributed by atoms with Gasteiger partial charge in [0.1, 0.15) is 5.60 Å². The van der Waals surface area contributed by atoms with E-state index < -0.39 is 15.7 Å². The third-order valence-corrected chi connectivity index (χ3v) is 4.13. The molecule has 0 heterocycles. The van der Waals surface area contributed by atoms with E-state index in [4.69, 9.17) is 8.92 Å². The maximum Gasteiger partial charge on any atom is 0.410 e. The second-order valence-corrected chi connectivity index (χ2v) is 8.40. The molecule has 0 aromatic carbocycles. The van der Waals surface area contributed by atoms with Crippen LogP contribution < -0.4 is 0 Å². The summed E-state index contributed by atoms with van der Waals surface area (Å²) in [6, 6.07) is 0.148. The zero-order valence-electron chi connectivity index (χ0n) is 13.6. The Labute approximate surface area is 127 Å². The maximum atomic E-state index is 12.0. The minimum absolute atomic E-state index is 0.148. The lowest BCUT2D eigenvalue weighted by Gasteiger charge is -2.35. The van der Waals surface area contributed by atoms with Crippen molar-refractivity contribution >= 4 is 16.2 Å². The monoisotopic (exact) mass is 321 g/mol. The summed E-state index contributed by atoms with van der Waals surface area (Å²) in [5, 5.41) is 0. The molecular weight excluding hydrogens is 294 g/mol. The third-order valence-electron chi connectivity index (χ3n) is 3.56. The fourth-order valence-corrected chi connectivity index (χ4v) is 2.84. The van der Waals surface area contributed by atoms with Crippen LogP contribution in [0.1, 0.15) is 46.5 Å². The lowest BCUT2D eigenvalue weighted by Crippen LogP contribution is -2.42. The topological polar surface area (TPSA) is 72.9 Å². The standard InChI is InChI=1S/C14H27NO5S/c1-14(2,3)20-13(16)15(4)12-8-6-11(7-9-12)10-19-21(5,17)18/h11-12H,6-10H2,1-5H3/t11-,12+. The van der Waals surface area contributed by atoms with E-state index in [1.807, 2.05) is 20.8 Å². The molecule has 0 unspecified atom stereocenters. The quantitative estimate of drug-likeness (QED) is 0.743. The first kappa shape index (κ1) is 18.2. The molecule has 124 valence electrons. The van der Waals surface area contributed by atoms with E-state index in [-0.39, 0.29) is 24.7 Å². The van der Waals surface area contributed by atoms with Gasteiger partial charge in [-0.1, -0.05) is 0 Å². The minimum atomic E-state index is -3.37. The van der Waals surface area contributed by atoms with Gasteiger partial charge in [-0.05, 0) is 52.4 Å². The zero-order chi connectivity index (χ0) is 16.3. The van der Waals surface area contributed by atoms with Crippen LogP contribution >= 0.6 is 0 Å². The van der Waals surface area contributed by atoms with Crippen molar-refractivity contribution in [3.8, 4) is 0 Å². The molecule has 1 rings (SSSR count). The van der Waals surface area contributed by atoms with Gasteiger partial charge in [0.2, 0.25) is 0 Å². The van der Waals surface area contributed by atoms with E-state index in [1.165, 1.54) is 0 Å². The second kappa shape index (κ2) is 6.96. The molecule has 0 aliphatic heterocycles. The van der Waals surface area contributed by atoms with Gasteiger partial charge in [-0.3, -0.25) is 4.18 Å². The van der Waals surface area contributed by atoms with Gasteiger partial charge in [0.05, 0.1) is 12.9 Å². The number of nitrogens with zero attached hydrogens (tertiary/aromatic N) is 1. The molecule has 0 radical (unpaired) electrons. The number of rotatable bonds is 4. The van der Waals surface area contributed by atoms with E-state index in [0.717, 1.165) is 31.9 Å². The average Bonchev–Trinajstić information content (AvgIpc) is 2.33. The Morgan fingerprint density at radius 2 is 1.71 bits per heavy atom. The van der Waals surface area contributed by atoms with Gasteiger partial charge in [-0.15, -0.1) is 0 Å². The Kier molecular flexibility index (Phi) is 6.04. The normalized spacial score (nSPS) is 23.7. The highest BCUT2D eigenvalue weighted by molar-refractivity contribution is 7.85. The van der Waals surface area contributed by atoms with Crippen LogP contribution in [0.2, 0.25) is 0 Å². The molecule has 0 atom stereocenters. The molecule has 0 aromatic rings. The van der Waals surface area contributed by atoms with Crippen LogP contribution in [0.3, 0.4) is 0 Å². The first-order chi connectivity index (χ1) is 9.48. The van der Waals surface area contributed by atoms with E-state index in [1.54, 1.807) is 11.9 Å². The van der Waals surface area contributed by atoms with Gasteiger partial charge < -0.3 is 9.64 Å². The molecule has 0 saturated heterocycles. The lowest BCUT2D eigenvalue weighted by atomic mass is 9.86. The highest BCUT2D eigenvalue weighted by atomic mass is 32.2. The highest BCUT2D eigenvalue weighted by Crippen LogP contribution is 2.28. The number of hydrogen-bond donors (Lipinski definition) is 0. The SMILES string of the molecule is CN(C(=O)OC(C)(C)C)[C@H]1CC[C@@H](COS(C)(=O)=O)CC1. The van der Waals surface area contributed by atoms with Gasteiger partial charge in [0.25, 0.3) is 10.1 Å². The molecule has 1 fully saturated rings. The molecule has 0 N–H and O–H groups in total. The first-order valence-corrected chi connectivity index (χ1v) is 9.10. The van der Waals surface area contributed by atoms with Crippen molar-refractivity contribution in [1.82, 2.24) is 4.90 Å². The smallest absolute Gasteiger partial charge is 0.410 e. The predicted molar refractivity (Wildman–Crippen MR) is 80.5 cm³/mol. The van der Waals surface area contributed by atoms with Crippen LogP contribution in [-0.4, -0.2) is 51.0 Å². The first-order valence-electron chi connectivity index (χ1n) is 7.28. The number of amides is 1. The van der Waals surface area contributed by atoms with Crippen molar-refractivity contribution < 1.29 is 22.1 Å². The van der Waals surface area contributed by atoms with Crippen molar-refractivity contribution in [2.75, 3.05) is 19.9 Å². The van der Waals surface area contributed by atoms with Crippen molar-refractivity contribution in [1.29, 1.82) is 0 Å². The van der Waals surface area contributed by atoms with Crippen molar-refractivity contribution in [2.24, 2.45) is 5.92 Å². The van der Waals surface area contributed by atoms with Gasteiger partial charge in [0, 0.05) is 13.1 Å². The largest absolute Gasteiger partial charge is 0.444 e. The van der Waals surface area contributed by atoms with E-state index in [0.29, 0.717) is 0 Å². The summed E-state index contributed by atoms with van der Waals surface area (Å²) < 4.78 is 32.2. The third kappa shape index (κ3) is 7.13. The van der Waals surface area contributed by atoms with Crippen LogP contribution in [-0.2, 0) is 19.0 Å². The average molecular weight is 321 g/mol. The van der Waals surface area contributed by atoms with Crippen LogP contribution in [0.25, 0.3) is 0 Å². The van der Waals surface area contributed by atoms with E-state index in [9.17, 15) is 13.2 Å². The Morgan fingerprint density at radius 3 is 2.14 bits per heavy atom. The van der Waals surface area contributed by atoms with Gasteiger partial charge >= 0.3 is 6.09 Å². The molecule has 7 heteroatoms. The summed E-state index contributed by atoms with van der Waals surface area (Å²) in [4.78, 5) is 13.6. The second-order valence-electron chi connectivity index (χ2n) is 6.75. The van der Waals surface area contributed by atoms with Crippen LogP contribution in [0, 0.1) is 5.92 Å². The van der Waals surface area contributed by atoms with Gasteiger partial charge in [0.15, 0.2) is 0 Å². The Bertz CT molecular complexity index is 446. The van der Waals surface area contributed by atoms with Crippen molar-refractivity contribution in [3.05, 3.63) is 0 Å². The van der Waals surface area contributed by atoms with Crippen LogP contribution in [0.15, 0.2) is 0 Å². The summed E-state index contributed by atoms with van der Waals surface area (Å²) in [6.07, 6.45) is 4.15. The number of carbonyl (C=O) groups excluding carboxylic acids is 1. The zero-order valence-corrected chi connectivity index (χ0v) is 14.4. The number of ether oxygens (including phenoxy) is 1. The molecule has 0 spiro atoms. The molecule has 6 nitrogen and oxygen atoms in total. The molecule has 1 aliphatic carbocycles. The predicted octanol–water partition coefficient (Wildman–Crippen LogP) is 2.39. The maximum absolute atomic E-state index is 12.0. The Morgan fingerprint density at radius 1 is 1.19 bits per heavy atom. The molecule has 0 aromatic heterocycles. The molecule has 1 aliphatic rings. The highest BCUT2D eigenvalue weighted by Gasteiger charge is 2.29. The van der Waals surface area contributed by atoms with Crippen LogP contribution in [0.4, 0.5) is 4.79 Å². The summed E-state index contributed by atoms with van der Waals surface area (Å²) in [5.41, 5.74) is -0.494.